The van der Waals surface area contributed by atoms with Gasteiger partial charge in [0.15, 0.2) is 11.5 Å². The molecule has 0 saturated heterocycles. The minimum atomic E-state index is -0.616. The van der Waals surface area contributed by atoms with Gasteiger partial charge >= 0.3 is 0 Å². The van der Waals surface area contributed by atoms with Crippen molar-refractivity contribution in [1.82, 2.24) is 4.90 Å². The Morgan fingerprint density at radius 2 is 2.04 bits per heavy atom. The van der Waals surface area contributed by atoms with Crippen LogP contribution in [0.3, 0.4) is 0 Å². The number of ketones is 1. The number of amides is 1. The molecule has 1 aromatic carbocycles. The van der Waals surface area contributed by atoms with Crippen molar-refractivity contribution in [2.75, 3.05) is 27.4 Å². The van der Waals surface area contributed by atoms with E-state index in [9.17, 15) is 14.7 Å². The monoisotopic (exact) mass is 347 g/mol. The van der Waals surface area contributed by atoms with Crippen LogP contribution in [0.25, 0.3) is 0 Å². The number of Topliss-reactive ketones (excluding diaryl/α,β-unsaturated/α-hetero) is 1. The van der Waals surface area contributed by atoms with Crippen molar-refractivity contribution >= 4 is 11.7 Å². The second-order valence-corrected chi connectivity index (χ2v) is 6.31. The number of hydrogen-bond acceptors (Lipinski definition) is 5. The highest BCUT2D eigenvalue weighted by Gasteiger charge is 2.43. The van der Waals surface area contributed by atoms with Gasteiger partial charge in [-0.15, -0.1) is 0 Å². The maximum Gasteiger partial charge on any atom is 0.290 e. The van der Waals surface area contributed by atoms with E-state index in [-0.39, 0.29) is 17.3 Å². The molecule has 0 radical (unpaired) electrons. The number of aliphatic hydroxyl groups excluding tert-OH is 1. The second kappa shape index (κ2) is 8.16. The summed E-state index contributed by atoms with van der Waals surface area (Å²) in [6.45, 7) is 4.38. The van der Waals surface area contributed by atoms with E-state index in [1.165, 1.54) is 4.90 Å². The molecule has 0 saturated carbocycles. The van der Waals surface area contributed by atoms with Crippen molar-refractivity contribution in [3.63, 3.8) is 0 Å². The van der Waals surface area contributed by atoms with Gasteiger partial charge in [0, 0.05) is 26.2 Å². The van der Waals surface area contributed by atoms with E-state index < -0.39 is 17.7 Å². The van der Waals surface area contributed by atoms with Crippen LogP contribution in [0.4, 0.5) is 0 Å². The van der Waals surface area contributed by atoms with Crippen LogP contribution in [0.2, 0.25) is 0 Å². The highest BCUT2D eigenvalue weighted by Crippen LogP contribution is 2.39. The summed E-state index contributed by atoms with van der Waals surface area (Å²) < 4.78 is 10.3. The highest BCUT2D eigenvalue weighted by molar-refractivity contribution is 6.09. The molecule has 25 heavy (non-hydrogen) atoms. The zero-order valence-corrected chi connectivity index (χ0v) is 15.1. The van der Waals surface area contributed by atoms with Gasteiger partial charge in [-0.3, -0.25) is 9.59 Å². The van der Waals surface area contributed by atoms with Gasteiger partial charge in [-0.1, -0.05) is 26.0 Å². The van der Waals surface area contributed by atoms with E-state index in [0.29, 0.717) is 25.3 Å². The summed E-state index contributed by atoms with van der Waals surface area (Å²) in [5, 5.41) is 10.4. The van der Waals surface area contributed by atoms with Crippen LogP contribution in [-0.2, 0) is 14.3 Å². The molecule has 0 aromatic heterocycles. The molecule has 0 fully saturated rings. The Bertz CT molecular complexity index is 680. The summed E-state index contributed by atoms with van der Waals surface area (Å²) in [6.07, 6.45) is 0.610. The van der Waals surface area contributed by atoms with Gasteiger partial charge in [0.05, 0.1) is 18.7 Å². The number of methoxy groups -OCH3 is 2. The van der Waals surface area contributed by atoms with Crippen molar-refractivity contribution in [1.29, 1.82) is 0 Å². The molecule has 1 atom stereocenters. The maximum atomic E-state index is 12.7. The maximum absolute atomic E-state index is 12.7. The van der Waals surface area contributed by atoms with Gasteiger partial charge in [0.2, 0.25) is 0 Å². The lowest BCUT2D eigenvalue weighted by Crippen LogP contribution is -2.33. The first-order chi connectivity index (χ1) is 11.9. The van der Waals surface area contributed by atoms with Gasteiger partial charge in [-0.05, 0) is 24.1 Å². The number of hydrogen-bond donors (Lipinski definition) is 1. The molecule has 1 heterocycles. The second-order valence-electron chi connectivity index (χ2n) is 6.31. The number of aliphatic hydroxyl groups is 1. The minimum absolute atomic E-state index is 0.158. The topological polar surface area (TPSA) is 76.1 Å². The highest BCUT2D eigenvalue weighted by atomic mass is 16.5. The van der Waals surface area contributed by atoms with Gasteiger partial charge in [0.25, 0.3) is 5.91 Å². The normalized spacial score (nSPS) is 17.6. The molecule has 0 bridgehead atoms. The number of rotatable bonds is 8. The van der Waals surface area contributed by atoms with Crippen molar-refractivity contribution in [2.24, 2.45) is 5.92 Å². The number of carbonyl (C=O) groups is 2. The van der Waals surface area contributed by atoms with Crippen molar-refractivity contribution < 1.29 is 24.2 Å². The molecule has 2 rings (SSSR count). The summed E-state index contributed by atoms with van der Waals surface area (Å²) in [7, 11) is 3.15. The summed E-state index contributed by atoms with van der Waals surface area (Å²) >= 11 is 0. The molecule has 1 aliphatic heterocycles. The summed E-state index contributed by atoms with van der Waals surface area (Å²) in [4.78, 5) is 26.8. The van der Waals surface area contributed by atoms with E-state index in [1.807, 2.05) is 6.07 Å². The fourth-order valence-electron chi connectivity index (χ4n) is 2.98. The lowest BCUT2D eigenvalue weighted by Gasteiger charge is -2.27. The van der Waals surface area contributed by atoms with E-state index in [2.05, 4.69) is 0 Å². The first-order valence-corrected chi connectivity index (χ1v) is 8.33. The SMILES string of the molecule is COCCCN1C(=O)C(O)=C(C(=O)C(C)C)C1c1cccc(OC)c1. The lowest BCUT2D eigenvalue weighted by molar-refractivity contribution is -0.129. The molecular weight excluding hydrogens is 322 g/mol. The minimum Gasteiger partial charge on any atom is -0.503 e. The molecule has 1 N–H and O–H groups in total. The van der Waals surface area contributed by atoms with Crippen molar-refractivity contribution in [3.8, 4) is 5.75 Å². The van der Waals surface area contributed by atoms with Crippen LogP contribution in [0.15, 0.2) is 35.6 Å². The largest absolute Gasteiger partial charge is 0.503 e. The molecule has 6 nitrogen and oxygen atoms in total. The Morgan fingerprint density at radius 1 is 1.32 bits per heavy atom. The van der Waals surface area contributed by atoms with Crippen molar-refractivity contribution in [3.05, 3.63) is 41.2 Å². The third kappa shape index (κ3) is 3.85. The van der Waals surface area contributed by atoms with Crippen LogP contribution in [-0.4, -0.2) is 49.1 Å². The van der Waals surface area contributed by atoms with Crippen molar-refractivity contribution in [2.45, 2.75) is 26.3 Å². The Kier molecular flexibility index (Phi) is 6.20. The van der Waals surface area contributed by atoms with E-state index >= 15 is 0 Å². The zero-order chi connectivity index (χ0) is 18.6. The quantitative estimate of drug-likeness (QED) is 0.732. The van der Waals surface area contributed by atoms with Crippen LogP contribution in [0.1, 0.15) is 31.9 Å². The average molecular weight is 347 g/mol. The molecule has 1 amide bonds. The number of ether oxygens (including phenoxy) is 2. The summed E-state index contributed by atoms with van der Waals surface area (Å²) in [5.74, 6) is -0.897. The van der Waals surface area contributed by atoms with Gasteiger partial charge in [0.1, 0.15) is 5.75 Å². The first-order valence-electron chi connectivity index (χ1n) is 8.33. The predicted molar refractivity (Wildman–Crippen MR) is 93.4 cm³/mol. The lowest BCUT2D eigenvalue weighted by atomic mass is 9.91. The molecule has 1 unspecified atom stereocenters. The Hall–Kier alpha value is -2.34. The molecule has 6 heteroatoms. The van der Waals surface area contributed by atoms with Crippen LogP contribution in [0, 0.1) is 5.92 Å². The van der Waals surface area contributed by atoms with Gasteiger partial charge in [-0.25, -0.2) is 0 Å². The fraction of sp³-hybridized carbons (Fsp3) is 0.474. The van der Waals surface area contributed by atoms with E-state index in [4.69, 9.17) is 9.47 Å². The first kappa shape index (κ1) is 19.0. The van der Waals surface area contributed by atoms with E-state index in [1.54, 1.807) is 46.3 Å². The van der Waals surface area contributed by atoms with Gasteiger partial charge < -0.3 is 19.5 Å². The van der Waals surface area contributed by atoms with Crippen LogP contribution < -0.4 is 4.74 Å². The fourth-order valence-corrected chi connectivity index (χ4v) is 2.98. The zero-order valence-electron chi connectivity index (χ0n) is 15.1. The molecule has 1 aliphatic rings. The van der Waals surface area contributed by atoms with Gasteiger partial charge in [-0.2, -0.15) is 0 Å². The third-order valence-corrected chi connectivity index (χ3v) is 4.25. The number of benzene rings is 1. The Labute approximate surface area is 148 Å². The molecule has 0 aliphatic carbocycles. The van der Waals surface area contributed by atoms with E-state index in [0.717, 1.165) is 5.56 Å². The number of nitrogens with zero attached hydrogens (tertiary/aromatic N) is 1. The number of carbonyl (C=O) groups excluding carboxylic acids is 2. The summed E-state index contributed by atoms with van der Waals surface area (Å²) in [6, 6.07) is 6.60. The third-order valence-electron chi connectivity index (χ3n) is 4.25. The predicted octanol–water partition coefficient (Wildman–Crippen LogP) is 2.65. The molecular formula is C19H25NO5. The molecule has 1 aromatic rings. The Balaban J connectivity index is 2.47. The standard InChI is InChI=1S/C19H25NO5/c1-12(2)17(21)15-16(13-7-5-8-14(11-13)25-4)20(9-6-10-24-3)19(23)18(15)22/h5,7-8,11-12,16,22H,6,9-10H2,1-4H3. The Morgan fingerprint density at radius 3 is 2.64 bits per heavy atom. The summed E-state index contributed by atoms with van der Waals surface area (Å²) in [5.41, 5.74) is 0.892. The smallest absolute Gasteiger partial charge is 0.290 e. The average Bonchev–Trinajstić information content (AvgIpc) is 2.86. The van der Waals surface area contributed by atoms with Crippen LogP contribution in [0.5, 0.6) is 5.75 Å². The van der Waals surface area contributed by atoms with Crippen LogP contribution >= 0.6 is 0 Å². The molecule has 0 spiro atoms. The molecule has 136 valence electrons.